The summed E-state index contributed by atoms with van der Waals surface area (Å²) in [5, 5.41) is 68.0. The lowest BCUT2D eigenvalue weighted by atomic mass is 9.98. The average molecular weight is 789 g/mol. The molecule has 0 aromatic rings. The maximum absolute atomic E-state index is 13.0. The van der Waals surface area contributed by atoms with Crippen LogP contribution in [0.3, 0.4) is 0 Å². The monoisotopic (exact) mass is 789 g/mol. The Hall–Kier alpha value is -1.38. The lowest BCUT2D eigenvalue weighted by Crippen LogP contribution is -2.60. The summed E-state index contributed by atoms with van der Waals surface area (Å²) in [5.41, 5.74) is 0. The fourth-order valence-corrected chi connectivity index (χ4v) is 7.22. The van der Waals surface area contributed by atoms with Crippen molar-refractivity contribution < 1.29 is 49.7 Å². The van der Waals surface area contributed by atoms with E-state index in [1.807, 2.05) is 0 Å². The Bertz CT molecular complexity index is 913. The first-order valence-electron chi connectivity index (χ1n) is 22.5. The number of rotatable bonds is 37. The van der Waals surface area contributed by atoms with E-state index in [1.165, 1.54) is 64.2 Å². The van der Waals surface area contributed by atoms with Crippen molar-refractivity contribution in [3.8, 4) is 0 Å². The Labute approximate surface area is 333 Å². The van der Waals surface area contributed by atoms with E-state index in [1.54, 1.807) is 0 Å². The molecule has 0 saturated carbocycles. The van der Waals surface area contributed by atoms with Gasteiger partial charge in [0.05, 0.1) is 25.4 Å². The first kappa shape index (κ1) is 51.6. The second kappa shape index (κ2) is 34.6. The molecule has 8 N–H and O–H groups in total. The Kier molecular flexibility index (Phi) is 32.5. The molecule has 0 radical (unpaired) electrons. The van der Waals surface area contributed by atoms with Crippen LogP contribution in [0.4, 0.5) is 0 Å². The molecule has 55 heavy (non-hydrogen) atoms. The minimum Gasteiger partial charge on any atom is -0.394 e. The molecule has 12 nitrogen and oxygen atoms in total. The van der Waals surface area contributed by atoms with Gasteiger partial charge >= 0.3 is 0 Å². The summed E-state index contributed by atoms with van der Waals surface area (Å²) in [6.45, 7) is 4.23. The summed E-state index contributed by atoms with van der Waals surface area (Å²) in [6.07, 6.45) is 19.4. The smallest absolute Gasteiger partial charge is 0.220 e. The summed E-state index contributed by atoms with van der Waals surface area (Å²) in [5.74, 6) is -0.118. The highest BCUT2D eigenvalue weighted by Crippen LogP contribution is 2.23. The van der Waals surface area contributed by atoms with Crippen LogP contribution in [-0.4, -0.2) is 111 Å². The van der Waals surface area contributed by atoms with E-state index in [0.717, 1.165) is 96.4 Å². The SMILES string of the molecule is CCCCCCCCCCCCCC[C@@H](O)[C@@H](O)[C@H](CO[C@H]1OC(CO)[C@H](O)[C@H](O)C1O)NC(=O)CCCCCCCCCCCNC(=O)CCCCCC. The summed E-state index contributed by atoms with van der Waals surface area (Å²) in [7, 11) is 0. The fraction of sp³-hybridized carbons (Fsp3) is 0.953. The number of ether oxygens (including phenoxy) is 2. The lowest BCUT2D eigenvalue weighted by molar-refractivity contribution is -0.303. The van der Waals surface area contributed by atoms with Gasteiger partial charge < -0.3 is 50.7 Å². The van der Waals surface area contributed by atoms with Crippen LogP contribution in [0, 0.1) is 0 Å². The summed E-state index contributed by atoms with van der Waals surface area (Å²) in [4.78, 5) is 24.8. The zero-order valence-electron chi connectivity index (χ0n) is 34.9. The van der Waals surface area contributed by atoms with Crippen molar-refractivity contribution in [2.75, 3.05) is 19.8 Å². The number of aliphatic hydroxyl groups is 6. The topological polar surface area (TPSA) is 198 Å². The van der Waals surface area contributed by atoms with Gasteiger partial charge in [-0.2, -0.15) is 0 Å². The van der Waals surface area contributed by atoms with Crippen LogP contribution >= 0.6 is 0 Å². The van der Waals surface area contributed by atoms with Crippen molar-refractivity contribution in [2.24, 2.45) is 0 Å². The van der Waals surface area contributed by atoms with Crippen molar-refractivity contribution in [1.29, 1.82) is 0 Å². The van der Waals surface area contributed by atoms with E-state index < -0.39 is 55.6 Å². The average Bonchev–Trinajstić information content (AvgIpc) is 3.18. The largest absolute Gasteiger partial charge is 0.394 e. The van der Waals surface area contributed by atoms with Gasteiger partial charge in [-0.15, -0.1) is 0 Å². The zero-order chi connectivity index (χ0) is 40.5. The number of aliphatic hydroxyl groups excluding tert-OH is 6. The number of hydrogen-bond donors (Lipinski definition) is 8. The van der Waals surface area contributed by atoms with Crippen molar-refractivity contribution in [3.63, 3.8) is 0 Å². The number of unbranched alkanes of at least 4 members (excludes halogenated alkanes) is 22. The van der Waals surface area contributed by atoms with Gasteiger partial charge in [-0.1, -0.05) is 155 Å². The van der Waals surface area contributed by atoms with Crippen LogP contribution < -0.4 is 10.6 Å². The summed E-state index contributed by atoms with van der Waals surface area (Å²) < 4.78 is 11.1. The minimum atomic E-state index is -1.62. The van der Waals surface area contributed by atoms with Crippen molar-refractivity contribution >= 4 is 11.8 Å². The molecule has 2 unspecified atom stereocenters. The molecule has 0 aromatic carbocycles. The third-order valence-corrected chi connectivity index (χ3v) is 11.0. The normalized spacial score (nSPS) is 21.6. The third-order valence-electron chi connectivity index (χ3n) is 11.0. The molecular formula is C43H84N2O10. The number of nitrogens with one attached hydrogen (secondary N) is 2. The molecule has 1 aliphatic rings. The second-order valence-corrected chi connectivity index (χ2v) is 16.0. The zero-order valence-corrected chi connectivity index (χ0v) is 34.9. The first-order chi connectivity index (χ1) is 26.7. The van der Waals surface area contributed by atoms with Crippen LogP contribution in [0.2, 0.25) is 0 Å². The van der Waals surface area contributed by atoms with Crippen molar-refractivity contribution in [3.05, 3.63) is 0 Å². The molecule has 0 spiro atoms. The van der Waals surface area contributed by atoms with Gasteiger partial charge in [0, 0.05) is 19.4 Å². The quantitative estimate of drug-likeness (QED) is 0.0341. The van der Waals surface area contributed by atoms with Gasteiger partial charge in [0.25, 0.3) is 0 Å². The minimum absolute atomic E-state index is 0.167. The maximum atomic E-state index is 13.0. The molecule has 8 atom stereocenters. The Morgan fingerprint density at radius 1 is 0.600 bits per heavy atom. The predicted octanol–water partition coefficient (Wildman–Crippen LogP) is 6.09. The Balaban J connectivity index is 2.39. The van der Waals surface area contributed by atoms with Crippen LogP contribution in [0.1, 0.15) is 194 Å². The van der Waals surface area contributed by atoms with Crippen LogP contribution in [0.25, 0.3) is 0 Å². The summed E-state index contributed by atoms with van der Waals surface area (Å²) in [6, 6.07) is -1.01. The molecule has 1 saturated heterocycles. The standard InChI is InChI=1S/C43H84N2O10/c1-3-5-7-9-10-11-12-13-15-18-21-24-28-35(47)39(50)34(33-54-43-42(53)41(52)40(51)36(32-46)55-43)45-38(49)30-26-22-19-16-14-17-20-23-27-31-44-37(48)29-25-8-6-4-2/h34-36,39-43,46-47,50-53H,3-33H2,1-2H3,(H,44,48)(H,45,49)/t34-,35+,36?,39-,40-,41-,42?,43-/m0/s1. The predicted molar refractivity (Wildman–Crippen MR) is 217 cm³/mol. The molecule has 1 fully saturated rings. The number of hydrogen-bond acceptors (Lipinski definition) is 10. The van der Waals surface area contributed by atoms with Gasteiger partial charge in [0.1, 0.15) is 30.5 Å². The molecule has 12 heteroatoms. The molecule has 1 aliphatic heterocycles. The first-order valence-corrected chi connectivity index (χ1v) is 22.5. The molecule has 1 rings (SSSR count). The molecule has 0 aliphatic carbocycles. The van der Waals surface area contributed by atoms with E-state index in [2.05, 4.69) is 24.5 Å². The van der Waals surface area contributed by atoms with E-state index in [0.29, 0.717) is 19.3 Å². The van der Waals surface area contributed by atoms with Crippen LogP contribution in [-0.2, 0) is 19.1 Å². The Morgan fingerprint density at radius 2 is 1.05 bits per heavy atom. The molecule has 326 valence electrons. The maximum Gasteiger partial charge on any atom is 0.220 e. The Morgan fingerprint density at radius 3 is 1.58 bits per heavy atom. The molecule has 0 bridgehead atoms. The molecule has 1 heterocycles. The van der Waals surface area contributed by atoms with Crippen molar-refractivity contribution in [1.82, 2.24) is 10.6 Å². The number of carbonyl (C=O) groups is 2. The van der Waals surface area contributed by atoms with Crippen LogP contribution in [0.5, 0.6) is 0 Å². The highest BCUT2D eigenvalue weighted by molar-refractivity contribution is 5.76. The second-order valence-electron chi connectivity index (χ2n) is 16.0. The van der Waals surface area contributed by atoms with Gasteiger partial charge in [-0.05, 0) is 25.7 Å². The number of carbonyl (C=O) groups excluding carboxylic acids is 2. The fourth-order valence-electron chi connectivity index (χ4n) is 7.22. The third kappa shape index (κ3) is 25.6. The van der Waals surface area contributed by atoms with Crippen molar-refractivity contribution in [2.45, 2.75) is 243 Å². The van der Waals surface area contributed by atoms with E-state index in [-0.39, 0.29) is 24.8 Å². The van der Waals surface area contributed by atoms with E-state index in [9.17, 15) is 40.2 Å². The molecular weight excluding hydrogens is 704 g/mol. The lowest BCUT2D eigenvalue weighted by Gasteiger charge is -2.40. The van der Waals surface area contributed by atoms with Gasteiger partial charge in [-0.25, -0.2) is 0 Å². The highest BCUT2D eigenvalue weighted by atomic mass is 16.7. The summed E-state index contributed by atoms with van der Waals surface area (Å²) >= 11 is 0. The highest BCUT2D eigenvalue weighted by Gasteiger charge is 2.44. The van der Waals surface area contributed by atoms with Gasteiger partial charge in [-0.3, -0.25) is 9.59 Å². The van der Waals surface area contributed by atoms with E-state index in [4.69, 9.17) is 9.47 Å². The van der Waals surface area contributed by atoms with Gasteiger partial charge in [0.15, 0.2) is 6.29 Å². The van der Waals surface area contributed by atoms with E-state index >= 15 is 0 Å². The van der Waals surface area contributed by atoms with Crippen LogP contribution in [0.15, 0.2) is 0 Å². The molecule has 2 amide bonds. The molecule has 0 aromatic heterocycles. The number of amides is 2. The van der Waals surface area contributed by atoms with Gasteiger partial charge in [0.2, 0.25) is 11.8 Å².